The van der Waals surface area contributed by atoms with E-state index in [2.05, 4.69) is 0 Å². The van der Waals surface area contributed by atoms with Crippen LogP contribution < -0.4 is 14.4 Å². The monoisotopic (exact) mass is 385 g/mol. The van der Waals surface area contributed by atoms with Crippen LogP contribution in [-0.2, 0) is 9.59 Å². The van der Waals surface area contributed by atoms with Gasteiger partial charge in [-0.05, 0) is 43.2 Å². The minimum absolute atomic E-state index is 0.0935. The molecular weight excluding hydrogens is 366 g/mol. The second-order valence-electron chi connectivity index (χ2n) is 5.94. The summed E-state index contributed by atoms with van der Waals surface area (Å²) < 4.78 is 11.0. The lowest BCUT2D eigenvalue weighted by Gasteiger charge is -2.16. The largest absolute Gasteiger partial charge is 0.494 e. The van der Waals surface area contributed by atoms with Crippen molar-refractivity contribution < 1.29 is 19.1 Å². The number of imide groups is 1. The lowest BCUT2D eigenvalue weighted by molar-refractivity contribution is -0.119. The number of ether oxygens (including phenoxy) is 2. The molecule has 0 radical (unpaired) electrons. The number of nitrogens with zero attached hydrogens (tertiary/aromatic N) is 1. The van der Waals surface area contributed by atoms with Crippen LogP contribution in [0.3, 0.4) is 0 Å². The Morgan fingerprint density at radius 3 is 2.33 bits per heavy atom. The summed E-state index contributed by atoms with van der Waals surface area (Å²) in [4.78, 5) is 26.6. The predicted molar refractivity (Wildman–Crippen MR) is 105 cm³/mol. The number of benzene rings is 2. The van der Waals surface area contributed by atoms with Crippen molar-refractivity contribution in [1.82, 2.24) is 0 Å². The second-order valence-corrected chi connectivity index (χ2v) is 6.32. The van der Waals surface area contributed by atoms with Gasteiger partial charge in [0.2, 0.25) is 0 Å². The highest BCUT2D eigenvalue weighted by molar-refractivity contribution is 6.60. The third kappa shape index (κ3) is 3.83. The van der Waals surface area contributed by atoms with Gasteiger partial charge in [0, 0.05) is 6.07 Å². The number of amides is 2. The highest BCUT2D eigenvalue weighted by Crippen LogP contribution is 2.36. The Morgan fingerprint density at radius 2 is 1.67 bits per heavy atom. The number of anilines is 1. The molecular formula is C21H20ClNO4. The highest BCUT2D eigenvalue weighted by atomic mass is 35.5. The van der Waals surface area contributed by atoms with Gasteiger partial charge in [-0.25, -0.2) is 4.90 Å². The third-order valence-electron chi connectivity index (χ3n) is 4.03. The molecule has 140 valence electrons. The van der Waals surface area contributed by atoms with Gasteiger partial charge >= 0.3 is 0 Å². The van der Waals surface area contributed by atoms with Gasteiger partial charge in [-0.15, -0.1) is 0 Å². The fraction of sp³-hybridized carbons (Fsp3) is 0.238. The maximum absolute atomic E-state index is 12.9. The first-order valence-electron chi connectivity index (χ1n) is 8.81. The van der Waals surface area contributed by atoms with Crippen LogP contribution >= 0.6 is 11.6 Å². The van der Waals surface area contributed by atoms with Crippen LogP contribution in [0.5, 0.6) is 11.5 Å². The Bertz CT molecular complexity index is 889. The fourth-order valence-corrected chi connectivity index (χ4v) is 3.08. The molecule has 0 unspecified atom stereocenters. The normalized spacial score (nSPS) is 14.1. The van der Waals surface area contributed by atoms with E-state index in [9.17, 15) is 9.59 Å². The number of hydrogen-bond acceptors (Lipinski definition) is 4. The van der Waals surface area contributed by atoms with Crippen LogP contribution in [-0.4, -0.2) is 25.0 Å². The van der Waals surface area contributed by atoms with Gasteiger partial charge in [-0.2, -0.15) is 0 Å². The number of halogens is 1. The van der Waals surface area contributed by atoms with E-state index in [4.69, 9.17) is 21.1 Å². The van der Waals surface area contributed by atoms with Gasteiger partial charge in [0.25, 0.3) is 11.8 Å². The summed E-state index contributed by atoms with van der Waals surface area (Å²) in [5, 5.41) is -0.0935. The zero-order chi connectivity index (χ0) is 19.4. The zero-order valence-electron chi connectivity index (χ0n) is 15.2. The van der Waals surface area contributed by atoms with E-state index in [-0.39, 0.29) is 10.6 Å². The molecule has 6 heteroatoms. The summed E-state index contributed by atoms with van der Waals surface area (Å²) in [7, 11) is 0. The molecule has 1 aliphatic rings. The molecule has 0 aromatic heterocycles. The molecule has 0 saturated heterocycles. The van der Waals surface area contributed by atoms with Crippen molar-refractivity contribution in [2.24, 2.45) is 0 Å². The molecule has 1 heterocycles. The first-order valence-corrected chi connectivity index (χ1v) is 9.19. The summed E-state index contributed by atoms with van der Waals surface area (Å²) in [6.07, 6.45) is 0.904. The summed E-state index contributed by atoms with van der Waals surface area (Å²) in [6.45, 7) is 4.99. The minimum Gasteiger partial charge on any atom is -0.494 e. The Labute approximate surface area is 163 Å². The summed E-state index contributed by atoms with van der Waals surface area (Å²) >= 11 is 6.23. The zero-order valence-corrected chi connectivity index (χ0v) is 16.0. The van der Waals surface area contributed by atoms with Gasteiger partial charge in [0.15, 0.2) is 0 Å². The van der Waals surface area contributed by atoms with Crippen molar-refractivity contribution in [2.45, 2.75) is 20.3 Å². The maximum Gasteiger partial charge on any atom is 0.277 e. The first kappa shape index (κ1) is 19.0. The molecule has 0 fully saturated rings. The molecule has 0 spiro atoms. The van der Waals surface area contributed by atoms with Crippen molar-refractivity contribution in [3.63, 3.8) is 0 Å². The van der Waals surface area contributed by atoms with Crippen molar-refractivity contribution in [3.05, 3.63) is 59.1 Å². The number of carbonyl (C=O) groups excluding carboxylic acids is 2. The van der Waals surface area contributed by atoms with Crippen LogP contribution in [0, 0.1) is 0 Å². The molecule has 0 atom stereocenters. The molecule has 2 aromatic carbocycles. The van der Waals surface area contributed by atoms with E-state index in [0.717, 1.165) is 11.3 Å². The summed E-state index contributed by atoms with van der Waals surface area (Å²) in [5.74, 6) is 0.283. The lowest BCUT2D eigenvalue weighted by Crippen LogP contribution is -2.31. The van der Waals surface area contributed by atoms with Crippen LogP contribution in [0.25, 0.3) is 5.57 Å². The topological polar surface area (TPSA) is 55.8 Å². The number of carbonyl (C=O) groups is 2. The van der Waals surface area contributed by atoms with Crippen LogP contribution in [0.2, 0.25) is 0 Å². The molecule has 0 aliphatic carbocycles. The molecule has 1 aliphatic heterocycles. The maximum atomic E-state index is 12.9. The Balaban J connectivity index is 1.89. The molecule has 2 amide bonds. The van der Waals surface area contributed by atoms with E-state index in [1.165, 1.54) is 0 Å². The van der Waals surface area contributed by atoms with E-state index in [1.807, 2.05) is 13.8 Å². The molecule has 3 rings (SSSR count). The predicted octanol–water partition coefficient (Wildman–Crippen LogP) is 4.40. The fourth-order valence-electron chi connectivity index (χ4n) is 2.80. The first-order chi connectivity index (χ1) is 13.1. The second kappa shape index (κ2) is 8.27. The van der Waals surface area contributed by atoms with Crippen molar-refractivity contribution in [2.75, 3.05) is 18.1 Å². The molecule has 0 N–H and O–H groups in total. The standard InChI is InChI=1S/C21H20ClNO4/c1-3-12-27-16-10-8-14(9-11-16)18-19(22)21(25)23(20(18)24)15-6-5-7-17(13-15)26-4-2/h5-11,13H,3-4,12H2,1-2H3. The van der Waals surface area contributed by atoms with Crippen LogP contribution in [0.15, 0.2) is 53.6 Å². The van der Waals surface area contributed by atoms with E-state index >= 15 is 0 Å². The molecule has 27 heavy (non-hydrogen) atoms. The Morgan fingerprint density at radius 1 is 0.926 bits per heavy atom. The van der Waals surface area contributed by atoms with Gasteiger partial charge < -0.3 is 9.47 Å². The van der Waals surface area contributed by atoms with E-state index in [0.29, 0.717) is 36.0 Å². The van der Waals surface area contributed by atoms with Gasteiger partial charge in [-0.3, -0.25) is 9.59 Å². The Hall–Kier alpha value is -2.79. The highest BCUT2D eigenvalue weighted by Gasteiger charge is 2.39. The minimum atomic E-state index is -0.545. The lowest BCUT2D eigenvalue weighted by atomic mass is 10.1. The van der Waals surface area contributed by atoms with E-state index in [1.54, 1.807) is 48.5 Å². The summed E-state index contributed by atoms with van der Waals surface area (Å²) in [6, 6.07) is 13.8. The average molecular weight is 386 g/mol. The van der Waals surface area contributed by atoms with Gasteiger partial charge in [0.05, 0.1) is 24.5 Å². The SMILES string of the molecule is CCCOc1ccc(C2=C(Cl)C(=O)N(c3cccc(OCC)c3)C2=O)cc1. The quantitative estimate of drug-likeness (QED) is 0.663. The van der Waals surface area contributed by atoms with Crippen molar-refractivity contribution in [1.29, 1.82) is 0 Å². The van der Waals surface area contributed by atoms with Crippen LogP contribution in [0.4, 0.5) is 5.69 Å². The van der Waals surface area contributed by atoms with Crippen molar-refractivity contribution >= 4 is 34.7 Å². The third-order valence-corrected chi connectivity index (χ3v) is 4.38. The number of rotatable bonds is 7. The average Bonchev–Trinajstić information content (AvgIpc) is 2.90. The van der Waals surface area contributed by atoms with Crippen LogP contribution in [0.1, 0.15) is 25.8 Å². The molecule has 2 aromatic rings. The smallest absolute Gasteiger partial charge is 0.277 e. The molecule has 5 nitrogen and oxygen atoms in total. The summed E-state index contributed by atoms with van der Waals surface area (Å²) in [5.41, 5.74) is 1.18. The van der Waals surface area contributed by atoms with Gasteiger partial charge in [0.1, 0.15) is 16.5 Å². The van der Waals surface area contributed by atoms with Gasteiger partial charge in [-0.1, -0.05) is 36.7 Å². The number of hydrogen-bond donors (Lipinski definition) is 0. The molecule has 0 bridgehead atoms. The Kier molecular flexibility index (Phi) is 5.81. The van der Waals surface area contributed by atoms with Crippen molar-refractivity contribution in [3.8, 4) is 11.5 Å². The van der Waals surface area contributed by atoms with E-state index < -0.39 is 11.8 Å². The molecule has 0 saturated carbocycles.